The number of rotatable bonds is 3. The molecule has 0 radical (unpaired) electrons. The number of aryl methyl sites for hydroxylation is 1. The van der Waals surface area contributed by atoms with Gasteiger partial charge in [0.25, 0.3) is 10.1 Å². The topological polar surface area (TPSA) is 66.4 Å². The number of hydrogen-bond acceptors (Lipinski definition) is 3. The van der Waals surface area contributed by atoms with Gasteiger partial charge >= 0.3 is 10.2 Å². The minimum absolute atomic E-state index is 0.0666. The average molecular weight is 431 g/mol. The fourth-order valence-corrected chi connectivity index (χ4v) is 3.36. The van der Waals surface area contributed by atoms with Gasteiger partial charge in [-0.1, -0.05) is 49.3 Å². The summed E-state index contributed by atoms with van der Waals surface area (Å²) in [6.07, 6.45) is 0. The molecule has 2 N–H and O–H groups in total. The summed E-state index contributed by atoms with van der Waals surface area (Å²) in [5, 5.41) is 2.96. The molecule has 0 bridgehead atoms. The van der Waals surface area contributed by atoms with Crippen molar-refractivity contribution in [1.29, 1.82) is 0 Å². The van der Waals surface area contributed by atoms with Crippen LogP contribution in [-0.4, -0.2) is 26.1 Å². The quantitative estimate of drug-likeness (QED) is 0.513. The van der Waals surface area contributed by atoms with Crippen LogP contribution in [0.1, 0.15) is 17.0 Å². The summed E-state index contributed by atoms with van der Waals surface area (Å²) >= 11 is 0. The van der Waals surface area contributed by atoms with Crippen LogP contribution in [0.2, 0.25) is 0 Å². The number of benzene rings is 2. The van der Waals surface area contributed by atoms with E-state index in [2.05, 4.69) is 5.32 Å². The number of halogens is 5. The SMILES string of the molecule is Cc1ccc(S(=O)(=O)O)cc1.FS(F)(F)(F)(F)c1ccc(C2CNC2)cc1. The molecule has 1 heterocycles. The van der Waals surface area contributed by atoms with Gasteiger partial charge in [0.05, 0.1) is 4.90 Å². The van der Waals surface area contributed by atoms with Crippen LogP contribution >= 0.6 is 10.2 Å². The third kappa shape index (κ3) is 6.16. The Morgan fingerprint density at radius 1 is 0.926 bits per heavy atom. The zero-order chi connectivity index (χ0) is 20.6. The van der Waals surface area contributed by atoms with E-state index in [0.29, 0.717) is 30.8 Å². The molecule has 1 fully saturated rings. The van der Waals surface area contributed by atoms with Gasteiger partial charge in [-0.15, -0.1) is 0 Å². The zero-order valence-electron chi connectivity index (χ0n) is 14.1. The van der Waals surface area contributed by atoms with Crippen molar-refractivity contribution in [2.75, 3.05) is 13.1 Å². The van der Waals surface area contributed by atoms with Crippen molar-refractivity contribution in [1.82, 2.24) is 5.32 Å². The Hall–Kier alpha value is -1.69. The fourth-order valence-electron chi connectivity index (χ4n) is 2.23. The Kier molecular flexibility index (Phi) is 5.15. The van der Waals surface area contributed by atoms with Crippen molar-refractivity contribution in [3.63, 3.8) is 0 Å². The Bertz CT molecular complexity index is 908. The van der Waals surface area contributed by atoms with Gasteiger partial charge < -0.3 is 5.32 Å². The third-order valence-electron chi connectivity index (χ3n) is 3.90. The van der Waals surface area contributed by atoms with E-state index in [1.165, 1.54) is 12.1 Å². The van der Waals surface area contributed by atoms with Crippen molar-refractivity contribution in [2.45, 2.75) is 22.6 Å². The summed E-state index contributed by atoms with van der Waals surface area (Å²) in [5.41, 5.74) is 1.61. The maximum absolute atomic E-state index is 12.4. The minimum Gasteiger partial charge on any atom is -0.315 e. The highest BCUT2D eigenvalue weighted by Gasteiger charge is 2.65. The van der Waals surface area contributed by atoms with E-state index in [1.807, 2.05) is 6.92 Å². The Morgan fingerprint density at radius 2 is 1.41 bits per heavy atom. The second-order valence-electron chi connectivity index (χ2n) is 6.18. The molecule has 0 aliphatic carbocycles. The van der Waals surface area contributed by atoms with Crippen LogP contribution in [0.5, 0.6) is 0 Å². The van der Waals surface area contributed by atoms with E-state index in [-0.39, 0.29) is 10.8 Å². The van der Waals surface area contributed by atoms with Gasteiger partial charge in [0.2, 0.25) is 0 Å². The predicted octanol–water partition coefficient (Wildman–Crippen LogP) is 5.27. The lowest BCUT2D eigenvalue weighted by Crippen LogP contribution is -2.39. The van der Waals surface area contributed by atoms with E-state index in [9.17, 15) is 27.8 Å². The third-order valence-corrected chi connectivity index (χ3v) is 5.93. The standard InChI is InChI=1S/C9H10F5NS.C7H8O3S/c10-16(11,12,13,14)9-3-1-7(2-4-9)8-5-15-6-8;1-6-2-4-7(5-3-6)11(8,9)10/h1-4,8,15H,5-6H2;2-5H,1H3,(H,8,9,10). The second kappa shape index (κ2) is 6.43. The van der Waals surface area contributed by atoms with Crippen LogP contribution in [-0.2, 0) is 10.1 Å². The summed E-state index contributed by atoms with van der Waals surface area (Å²) in [7, 11) is -13.5. The van der Waals surface area contributed by atoms with Crippen molar-refractivity contribution < 1.29 is 32.4 Å². The van der Waals surface area contributed by atoms with Gasteiger partial charge in [-0.3, -0.25) is 4.55 Å². The maximum atomic E-state index is 12.4. The monoisotopic (exact) mass is 431 g/mol. The summed E-state index contributed by atoms with van der Waals surface area (Å²) in [6.45, 7) is 3.19. The van der Waals surface area contributed by atoms with Crippen LogP contribution in [0.3, 0.4) is 0 Å². The number of hydrogen-bond donors (Lipinski definition) is 2. The van der Waals surface area contributed by atoms with Crippen molar-refractivity contribution in [3.8, 4) is 0 Å². The molecule has 0 spiro atoms. The number of nitrogens with one attached hydrogen (secondary N) is 1. The van der Waals surface area contributed by atoms with Crippen LogP contribution in [0.25, 0.3) is 0 Å². The highest BCUT2D eigenvalue weighted by atomic mass is 32.5. The van der Waals surface area contributed by atoms with Gasteiger partial charge in [0, 0.05) is 19.0 Å². The molecule has 27 heavy (non-hydrogen) atoms. The Balaban J connectivity index is 0.000000208. The maximum Gasteiger partial charge on any atom is 0.310 e. The smallest absolute Gasteiger partial charge is 0.310 e. The fraction of sp³-hybridized carbons (Fsp3) is 0.250. The lowest BCUT2D eigenvalue weighted by Gasteiger charge is -2.40. The van der Waals surface area contributed by atoms with E-state index >= 15 is 0 Å². The van der Waals surface area contributed by atoms with E-state index in [1.54, 1.807) is 12.1 Å². The van der Waals surface area contributed by atoms with Gasteiger partial charge in [0.1, 0.15) is 4.90 Å². The molecule has 0 amide bonds. The lowest BCUT2D eigenvalue weighted by molar-refractivity contribution is 0.363. The van der Waals surface area contributed by atoms with E-state index in [4.69, 9.17) is 4.55 Å². The van der Waals surface area contributed by atoms with Gasteiger partial charge in [-0.2, -0.15) is 8.42 Å². The van der Waals surface area contributed by atoms with Crippen molar-refractivity contribution in [3.05, 3.63) is 59.7 Å². The molecule has 1 aliphatic heterocycles. The molecule has 4 nitrogen and oxygen atoms in total. The molecule has 0 aromatic heterocycles. The molecule has 0 unspecified atom stereocenters. The normalized spacial score (nSPS) is 17.7. The van der Waals surface area contributed by atoms with Crippen LogP contribution < -0.4 is 5.32 Å². The molecular formula is C16H18F5NO3S2. The van der Waals surface area contributed by atoms with Crippen LogP contribution in [0, 0.1) is 6.92 Å². The molecule has 0 atom stereocenters. The van der Waals surface area contributed by atoms with Gasteiger partial charge in [-0.05, 0) is 36.8 Å². The summed E-state index contributed by atoms with van der Waals surface area (Å²) in [5.74, 6) is 0.132. The van der Waals surface area contributed by atoms with Crippen molar-refractivity contribution >= 4 is 20.3 Å². The largest absolute Gasteiger partial charge is 0.315 e. The highest BCUT2D eigenvalue weighted by Crippen LogP contribution is 3.02. The minimum atomic E-state index is -9.50. The summed E-state index contributed by atoms with van der Waals surface area (Å²) < 4.78 is 91.4. The second-order valence-corrected chi connectivity index (χ2v) is 10.0. The zero-order valence-corrected chi connectivity index (χ0v) is 15.7. The average Bonchev–Trinajstić information content (AvgIpc) is 2.44. The van der Waals surface area contributed by atoms with Crippen LogP contribution in [0.4, 0.5) is 19.4 Å². The lowest BCUT2D eigenvalue weighted by atomic mass is 9.94. The Morgan fingerprint density at radius 3 is 1.74 bits per heavy atom. The van der Waals surface area contributed by atoms with E-state index < -0.39 is 25.2 Å². The predicted molar refractivity (Wildman–Crippen MR) is 94.4 cm³/mol. The molecule has 2 aromatic carbocycles. The molecule has 2 aromatic rings. The van der Waals surface area contributed by atoms with Gasteiger partial charge in [0.15, 0.2) is 0 Å². The molecule has 0 saturated carbocycles. The van der Waals surface area contributed by atoms with Crippen molar-refractivity contribution in [2.24, 2.45) is 0 Å². The molecule has 1 saturated heterocycles. The van der Waals surface area contributed by atoms with E-state index in [0.717, 1.165) is 17.7 Å². The first kappa shape index (κ1) is 21.6. The molecular weight excluding hydrogens is 413 g/mol. The highest BCUT2D eigenvalue weighted by molar-refractivity contribution is 8.45. The first-order chi connectivity index (χ1) is 12.1. The molecule has 11 heteroatoms. The first-order valence-corrected chi connectivity index (χ1v) is 11.0. The van der Waals surface area contributed by atoms with Gasteiger partial charge in [-0.25, -0.2) is 0 Å². The Labute approximate surface area is 153 Å². The summed E-state index contributed by atoms with van der Waals surface area (Å²) in [4.78, 5) is -1.89. The summed E-state index contributed by atoms with van der Waals surface area (Å²) in [6, 6.07) is 9.17. The van der Waals surface area contributed by atoms with Crippen LogP contribution in [0.15, 0.2) is 58.3 Å². The first-order valence-electron chi connectivity index (χ1n) is 7.65. The molecule has 1 aliphatic rings. The molecule has 152 valence electrons. The molecule has 3 rings (SSSR count).